The Morgan fingerprint density at radius 2 is 2.03 bits per heavy atom. The smallest absolute Gasteiger partial charge is 0.261 e. The van der Waals surface area contributed by atoms with Gasteiger partial charge in [0, 0.05) is 29.0 Å². The second-order valence-electron chi connectivity index (χ2n) is 7.49. The number of hydrogen-bond acceptors (Lipinski definition) is 6. The summed E-state index contributed by atoms with van der Waals surface area (Å²) < 4.78 is 1.88. The third-order valence-electron chi connectivity index (χ3n) is 5.67. The number of aromatic nitrogens is 4. The summed E-state index contributed by atoms with van der Waals surface area (Å²) in [5.41, 5.74) is 2.45. The fourth-order valence-corrected chi connectivity index (χ4v) is 4.84. The average molecular weight is 417 g/mol. The number of thiazole rings is 1. The lowest BCUT2D eigenvalue weighted by molar-refractivity contribution is 0.277. The largest absolute Gasteiger partial charge is 0.338 e. The van der Waals surface area contributed by atoms with Crippen LogP contribution >= 0.6 is 11.3 Å². The predicted molar refractivity (Wildman–Crippen MR) is 118 cm³/mol. The number of fused-ring (bicyclic) bond motifs is 1. The molecule has 1 aliphatic carbocycles. The van der Waals surface area contributed by atoms with Gasteiger partial charge in [-0.3, -0.25) is 9.48 Å². The van der Waals surface area contributed by atoms with Gasteiger partial charge in [-0.1, -0.05) is 12.8 Å². The first-order chi connectivity index (χ1) is 14.7. The minimum absolute atomic E-state index is 0.0177. The molecule has 0 saturated heterocycles. The molecular weight excluding hydrogens is 396 g/mol. The molecule has 3 aromatic heterocycles. The van der Waals surface area contributed by atoms with E-state index in [-0.39, 0.29) is 17.5 Å². The van der Waals surface area contributed by atoms with E-state index in [1.807, 2.05) is 40.4 Å². The fraction of sp³-hybridized carbons (Fsp3) is 0.273. The van der Waals surface area contributed by atoms with Crippen LogP contribution in [0.4, 0.5) is 11.5 Å². The molecule has 1 fully saturated rings. The van der Waals surface area contributed by atoms with E-state index in [0.717, 1.165) is 47.5 Å². The molecule has 7 nitrogen and oxygen atoms in total. The van der Waals surface area contributed by atoms with Crippen LogP contribution in [0.5, 0.6) is 0 Å². The number of H-pyrrole nitrogens is 1. The standard InChI is InChI=1S/C22H20N6OS/c23-13-15-3-1-2-4-17(15)28-18-9-10-24-21(29)19(18)20(27-28)26-16-7-5-14(6-8-16)22-25-11-12-30-22/h5-12,15,17H,1-4H2,(H,24,29)(H,26,27)/t15?,17-/m0/s1. The summed E-state index contributed by atoms with van der Waals surface area (Å²) in [6.07, 6.45) is 7.31. The molecule has 0 amide bonds. The molecule has 1 saturated carbocycles. The Morgan fingerprint density at radius 1 is 1.20 bits per heavy atom. The van der Waals surface area contributed by atoms with Crippen molar-refractivity contribution in [2.75, 3.05) is 5.32 Å². The van der Waals surface area contributed by atoms with Crippen molar-refractivity contribution in [3.8, 4) is 16.6 Å². The number of benzene rings is 1. The molecule has 0 spiro atoms. The molecule has 1 unspecified atom stereocenters. The molecule has 30 heavy (non-hydrogen) atoms. The van der Waals surface area contributed by atoms with E-state index in [2.05, 4.69) is 21.4 Å². The zero-order valence-electron chi connectivity index (χ0n) is 16.2. The summed E-state index contributed by atoms with van der Waals surface area (Å²) in [4.78, 5) is 19.7. The van der Waals surface area contributed by atoms with Gasteiger partial charge in [0.15, 0.2) is 5.82 Å². The number of nitrogens with one attached hydrogen (secondary N) is 2. The highest BCUT2D eigenvalue weighted by Gasteiger charge is 2.29. The van der Waals surface area contributed by atoms with Crippen molar-refractivity contribution in [3.05, 3.63) is 58.5 Å². The molecule has 4 aromatic rings. The van der Waals surface area contributed by atoms with Crippen LogP contribution in [-0.2, 0) is 0 Å². The highest BCUT2D eigenvalue weighted by molar-refractivity contribution is 7.13. The first-order valence-corrected chi connectivity index (χ1v) is 10.9. The Bertz CT molecular complexity index is 1270. The first-order valence-electron chi connectivity index (χ1n) is 10.0. The third kappa shape index (κ3) is 3.27. The van der Waals surface area contributed by atoms with Crippen LogP contribution in [0.25, 0.3) is 21.5 Å². The maximum Gasteiger partial charge on any atom is 0.261 e. The molecule has 3 heterocycles. The van der Waals surface area contributed by atoms with Crippen molar-refractivity contribution in [3.63, 3.8) is 0 Å². The number of hydrogen-bond donors (Lipinski definition) is 2. The molecule has 0 radical (unpaired) electrons. The fourth-order valence-electron chi connectivity index (χ4n) is 4.19. The summed E-state index contributed by atoms with van der Waals surface area (Å²) in [7, 11) is 0. The summed E-state index contributed by atoms with van der Waals surface area (Å²) in [6, 6.07) is 12.2. The van der Waals surface area contributed by atoms with Gasteiger partial charge in [0.2, 0.25) is 0 Å². The average Bonchev–Trinajstić information content (AvgIpc) is 3.44. The lowest BCUT2D eigenvalue weighted by Crippen LogP contribution is -2.23. The SMILES string of the molecule is N#CC1CCCC[C@@H]1n1nc(Nc2ccc(-c3nccs3)cc2)c2c(=O)[nH]ccc21. The zero-order valence-corrected chi connectivity index (χ0v) is 17.0. The Labute approximate surface area is 177 Å². The topological polar surface area (TPSA) is 99.4 Å². The highest BCUT2D eigenvalue weighted by Crippen LogP contribution is 2.36. The van der Waals surface area contributed by atoms with E-state index in [1.165, 1.54) is 0 Å². The summed E-state index contributed by atoms with van der Waals surface area (Å²) >= 11 is 1.59. The lowest BCUT2D eigenvalue weighted by atomic mass is 9.85. The van der Waals surface area contributed by atoms with E-state index in [4.69, 9.17) is 5.10 Å². The molecule has 2 atom stereocenters. The number of anilines is 2. The van der Waals surface area contributed by atoms with Crippen LogP contribution < -0.4 is 10.9 Å². The molecule has 0 aliphatic heterocycles. The minimum Gasteiger partial charge on any atom is -0.338 e. The first kappa shape index (κ1) is 18.6. The van der Waals surface area contributed by atoms with Gasteiger partial charge in [-0.15, -0.1) is 11.3 Å². The Morgan fingerprint density at radius 3 is 2.80 bits per heavy atom. The molecule has 2 N–H and O–H groups in total. The van der Waals surface area contributed by atoms with Gasteiger partial charge in [0.1, 0.15) is 10.4 Å². The molecule has 150 valence electrons. The maximum atomic E-state index is 12.6. The third-order valence-corrected chi connectivity index (χ3v) is 6.49. The van der Waals surface area contributed by atoms with Crippen molar-refractivity contribution in [1.82, 2.24) is 19.7 Å². The molecular formula is C22H20N6OS. The molecule has 0 bridgehead atoms. The van der Waals surface area contributed by atoms with Crippen LogP contribution in [0.2, 0.25) is 0 Å². The van der Waals surface area contributed by atoms with Gasteiger partial charge in [-0.25, -0.2) is 4.98 Å². The van der Waals surface area contributed by atoms with Crippen molar-refractivity contribution in [2.45, 2.75) is 31.7 Å². The second-order valence-corrected chi connectivity index (χ2v) is 8.38. The van der Waals surface area contributed by atoms with Crippen LogP contribution in [0.15, 0.2) is 52.9 Å². The van der Waals surface area contributed by atoms with E-state index in [9.17, 15) is 10.1 Å². The maximum absolute atomic E-state index is 12.6. The van der Waals surface area contributed by atoms with E-state index >= 15 is 0 Å². The summed E-state index contributed by atoms with van der Waals surface area (Å²) in [5.74, 6) is 0.419. The van der Waals surface area contributed by atoms with Gasteiger partial charge >= 0.3 is 0 Å². The Hall–Kier alpha value is -3.44. The van der Waals surface area contributed by atoms with Crippen LogP contribution in [0, 0.1) is 17.2 Å². The van der Waals surface area contributed by atoms with Crippen LogP contribution in [0.1, 0.15) is 31.7 Å². The normalized spacial score (nSPS) is 18.9. The van der Waals surface area contributed by atoms with Crippen molar-refractivity contribution in [1.29, 1.82) is 5.26 Å². The number of nitriles is 1. The number of rotatable bonds is 4. The molecule has 8 heteroatoms. The predicted octanol–water partition coefficient (Wildman–Crippen LogP) is 4.85. The second kappa shape index (κ2) is 7.76. The van der Waals surface area contributed by atoms with Gasteiger partial charge in [0.05, 0.1) is 23.5 Å². The van der Waals surface area contributed by atoms with Crippen molar-refractivity contribution < 1.29 is 0 Å². The number of aromatic amines is 1. The summed E-state index contributed by atoms with van der Waals surface area (Å²) in [6.45, 7) is 0. The molecule has 1 aromatic carbocycles. The summed E-state index contributed by atoms with van der Waals surface area (Å²) in [5, 5.41) is 21.1. The van der Waals surface area contributed by atoms with Crippen LogP contribution in [-0.4, -0.2) is 19.7 Å². The number of pyridine rings is 1. The lowest BCUT2D eigenvalue weighted by Gasteiger charge is -2.27. The van der Waals surface area contributed by atoms with Crippen molar-refractivity contribution in [2.24, 2.45) is 5.92 Å². The molecule has 1 aliphatic rings. The van der Waals surface area contributed by atoms with Crippen LogP contribution in [0.3, 0.4) is 0 Å². The van der Waals surface area contributed by atoms with E-state index in [0.29, 0.717) is 11.2 Å². The van der Waals surface area contributed by atoms with E-state index in [1.54, 1.807) is 23.7 Å². The monoisotopic (exact) mass is 416 g/mol. The minimum atomic E-state index is -0.190. The van der Waals surface area contributed by atoms with Gasteiger partial charge in [-0.2, -0.15) is 10.4 Å². The van der Waals surface area contributed by atoms with Crippen molar-refractivity contribution >= 4 is 33.7 Å². The van der Waals surface area contributed by atoms with Gasteiger partial charge < -0.3 is 10.3 Å². The molecule has 5 rings (SSSR count). The zero-order chi connectivity index (χ0) is 20.5. The highest BCUT2D eigenvalue weighted by atomic mass is 32.1. The quantitative estimate of drug-likeness (QED) is 0.496. The van der Waals surface area contributed by atoms with Gasteiger partial charge in [-0.05, 0) is 43.2 Å². The van der Waals surface area contributed by atoms with Gasteiger partial charge in [0.25, 0.3) is 5.56 Å². The Kier molecular flexibility index (Phi) is 4.81. The van der Waals surface area contributed by atoms with E-state index < -0.39 is 0 Å². The number of nitrogens with zero attached hydrogens (tertiary/aromatic N) is 4. The Balaban J connectivity index is 1.53.